The van der Waals surface area contributed by atoms with Crippen molar-refractivity contribution in [1.82, 2.24) is 4.98 Å². The van der Waals surface area contributed by atoms with Gasteiger partial charge in [-0.15, -0.1) is 11.3 Å². The van der Waals surface area contributed by atoms with E-state index in [1.165, 1.54) is 39.5 Å². The zero-order chi connectivity index (χ0) is 13.7. The minimum absolute atomic E-state index is 0.170. The Hall–Kier alpha value is -1.19. The second-order valence-electron chi connectivity index (χ2n) is 6.46. The van der Waals surface area contributed by atoms with Gasteiger partial charge in [-0.1, -0.05) is 31.2 Å². The van der Waals surface area contributed by atoms with Gasteiger partial charge >= 0.3 is 0 Å². The Morgan fingerprint density at radius 2 is 2.00 bits per heavy atom. The predicted octanol–water partition coefficient (Wildman–Crippen LogP) is 4.08. The Bertz CT molecular complexity index is 651. The first-order chi connectivity index (χ1) is 9.66. The number of fused-ring (bicyclic) bond motifs is 3. The van der Waals surface area contributed by atoms with Crippen LogP contribution in [0.4, 0.5) is 0 Å². The van der Waals surface area contributed by atoms with Crippen molar-refractivity contribution in [3.63, 3.8) is 0 Å². The monoisotopic (exact) mass is 284 g/mol. The molecule has 2 aliphatic carbocycles. The molecule has 1 aromatic carbocycles. The summed E-state index contributed by atoms with van der Waals surface area (Å²) in [5.41, 5.74) is 10.4. The second-order valence-corrected chi connectivity index (χ2v) is 7.55. The van der Waals surface area contributed by atoms with Crippen LogP contribution in [0, 0.1) is 5.92 Å². The highest BCUT2D eigenvalue weighted by Gasteiger charge is 2.36. The summed E-state index contributed by atoms with van der Waals surface area (Å²) in [6, 6.07) is 8.62. The minimum Gasteiger partial charge on any atom is -0.319 e. The molecule has 0 aliphatic heterocycles. The molecule has 0 unspecified atom stereocenters. The zero-order valence-electron chi connectivity index (χ0n) is 11.9. The number of benzene rings is 1. The summed E-state index contributed by atoms with van der Waals surface area (Å²) < 4.78 is 0. The third-order valence-corrected chi connectivity index (χ3v) is 6.19. The molecule has 0 bridgehead atoms. The van der Waals surface area contributed by atoms with Gasteiger partial charge in [-0.3, -0.25) is 0 Å². The largest absolute Gasteiger partial charge is 0.319 e. The van der Waals surface area contributed by atoms with Crippen molar-refractivity contribution in [2.45, 2.75) is 44.6 Å². The van der Waals surface area contributed by atoms with Gasteiger partial charge in [-0.25, -0.2) is 4.98 Å². The molecule has 104 valence electrons. The maximum Gasteiger partial charge on any atom is 0.113 e. The Morgan fingerprint density at radius 1 is 1.25 bits per heavy atom. The van der Waals surface area contributed by atoms with Crippen LogP contribution < -0.4 is 5.73 Å². The molecule has 4 rings (SSSR count). The van der Waals surface area contributed by atoms with Gasteiger partial charge in [0.25, 0.3) is 0 Å². The SMILES string of the molecule is CC1CCC(N)(c2nc3c(s2)Cc2ccccc2-3)CC1. The quantitative estimate of drug-likeness (QED) is 0.731. The van der Waals surface area contributed by atoms with E-state index in [-0.39, 0.29) is 5.54 Å². The van der Waals surface area contributed by atoms with Crippen molar-refractivity contribution in [1.29, 1.82) is 0 Å². The molecular formula is C17H20N2S. The summed E-state index contributed by atoms with van der Waals surface area (Å²) in [5.74, 6) is 0.819. The lowest BCUT2D eigenvalue weighted by atomic mass is 9.78. The molecule has 1 fully saturated rings. The van der Waals surface area contributed by atoms with E-state index in [2.05, 4.69) is 31.2 Å². The van der Waals surface area contributed by atoms with E-state index in [0.29, 0.717) is 0 Å². The fraction of sp³-hybridized carbons (Fsp3) is 0.471. The van der Waals surface area contributed by atoms with Crippen molar-refractivity contribution in [3.05, 3.63) is 39.7 Å². The zero-order valence-corrected chi connectivity index (χ0v) is 12.7. The average molecular weight is 284 g/mol. The third-order valence-electron chi connectivity index (χ3n) is 4.91. The van der Waals surface area contributed by atoms with E-state index < -0.39 is 0 Å². The van der Waals surface area contributed by atoms with Crippen LogP contribution >= 0.6 is 11.3 Å². The van der Waals surface area contributed by atoms with E-state index >= 15 is 0 Å². The molecule has 0 atom stereocenters. The van der Waals surface area contributed by atoms with Crippen LogP contribution in [0.3, 0.4) is 0 Å². The molecule has 2 aromatic rings. The number of hydrogen-bond donors (Lipinski definition) is 1. The number of nitrogens with two attached hydrogens (primary N) is 1. The van der Waals surface area contributed by atoms with Crippen molar-refractivity contribution in [2.75, 3.05) is 0 Å². The van der Waals surface area contributed by atoms with Gasteiger partial charge in [-0.05, 0) is 37.2 Å². The fourth-order valence-corrected chi connectivity index (χ4v) is 4.72. The third kappa shape index (κ3) is 1.84. The van der Waals surface area contributed by atoms with Gasteiger partial charge in [-0.2, -0.15) is 0 Å². The highest BCUT2D eigenvalue weighted by Crippen LogP contribution is 2.45. The van der Waals surface area contributed by atoms with Crippen molar-refractivity contribution in [3.8, 4) is 11.3 Å². The molecule has 1 heterocycles. The van der Waals surface area contributed by atoms with E-state index in [0.717, 1.165) is 25.2 Å². The number of rotatable bonds is 1. The molecule has 1 saturated carbocycles. The van der Waals surface area contributed by atoms with Crippen LogP contribution in [0.15, 0.2) is 24.3 Å². The van der Waals surface area contributed by atoms with Gasteiger partial charge in [0.1, 0.15) is 5.01 Å². The summed E-state index contributed by atoms with van der Waals surface area (Å²) in [4.78, 5) is 6.35. The first-order valence-corrected chi connectivity index (χ1v) is 8.35. The van der Waals surface area contributed by atoms with Gasteiger partial charge < -0.3 is 5.73 Å². The van der Waals surface area contributed by atoms with Crippen molar-refractivity contribution in [2.24, 2.45) is 11.7 Å². The molecule has 0 radical (unpaired) electrons. The van der Waals surface area contributed by atoms with Crippen molar-refractivity contribution >= 4 is 11.3 Å². The lowest BCUT2D eigenvalue weighted by Gasteiger charge is -2.34. The first-order valence-electron chi connectivity index (χ1n) is 7.53. The summed E-state index contributed by atoms with van der Waals surface area (Å²) in [7, 11) is 0. The normalized spacial score (nSPS) is 28.2. The average Bonchev–Trinajstić information content (AvgIpc) is 3.00. The number of thiazole rings is 1. The lowest BCUT2D eigenvalue weighted by molar-refractivity contribution is 0.247. The number of aromatic nitrogens is 1. The van der Waals surface area contributed by atoms with Crippen molar-refractivity contribution < 1.29 is 0 Å². The van der Waals surface area contributed by atoms with Crippen LogP contribution in [0.2, 0.25) is 0 Å². The minimum atomic E-state index is -0.170. The van der Waals surface area contributed by atoms with Gasteiger partial charge in [0.2, 0.25) is 0 Å². The van der Waals surface area contributed by atoms with Crippen LogP contribution in [0.25, 0.3) is 11.3 Å². The summed E-state index contributed by atoms with van der Waals surface area (Å²) in [6.07, 6.45) is 5.68. The number of nitrogens with zero attached hydrogens (tertiary/aromatic N) is 1. The van der Waals surface area contributed by atoms with Crippen LogP contribution in [0.5, 0.6) is 0 Å². The van der Waals surface area contributed by atoms with E-state index in [4.69, 9.17) is 10.7 Å². The molecule has 2 aliphatic rings. The summed E-state index contributed by atoms with van der Waals surface area (Å²) in [5, 5.41) is 1.17. The van der Waals surface area contributed by atoms with E-state index in [9.17, 15) is 0 Å². The molecular weight excluding hydrogens is 264 g/mol. The maximum absolute atomic E-state index is 6.67. The molecule has 20 heavy (non-hydrogen) atoms. The number of hydrogen-bond acceptors (Lipinski definition) is 3. The second kappa shape index (κ2) is 4.40. The summed E-state index contributed by atoms with van der Waals surface area (Å²) >= 11 is 1.85. The van der Waals surface area contributed by atoms with E-state index in [1.54, 1.807) is 0 Å². The Labute approximate surface area is 124 Å². The molecule has 2 nitrogen and oxygen atoms in total. The Morgan fingerprint density at radius 3 is 2.80 bits per heavy atom. The van der Waals surface area contributed by atoms with Gasteiger partial charge in [0.15, 0.2) is 0 Å². The fourth-order valence-electron chi connectivity index (χ4n) is 3.46. The van der Waals surface area contributed by atoms with E-state index in [1.807, 2.05) is 11.3 Å². The van der Waals surface area contributed by atoms with Gasteiger partial charge in [0.05, 0.1) is 11.2 Å². The molecule has 0 saturated heterocycles. The summed E-state index contributed by atoms with van der Waals surface area (Å²) in [6.45, 7) is 2.33. The molecule has 3 heteroatoms. The Kier molecular flexibility index (Phi) is 2.76. The highest BCUT2D eigenvalue weighted by molar-refractivity contribution is 7.12. The molecule has 0 amide bonds. The standard InChI is InChI=1S/C17H20N2S/c1-11-6-8-17(18,9-7-11)16-19-15-13-5-3-2-4-12(13)10-14(15)20-16/h2-5,11H,6-10,18H2,1H3. The smallest absolute Gasteiger partial charge is 0.113 e. The molecule has 0 spiro atoms. The Balaban J connectivity index is 1.71. The molecule has 2 N–H and O–H groups in total. The van der Waals surface area contributed by atoms with Gasteiger partial charge in [0, 0.05) is 16.9 Å². The van der Waals surface area contributed by atoms with Crippen LogP contribution in [-0.2, 0) is 12.0 Å². The predicted molar refractivity (Wildman–Crippen MR) is 83.9 cm³/mol. The topological polar surface area (TPSA) is 38.9 Å². The molecule has 1 aromatic heterocycles. The highest BCUT2D eigenvalue weighted by atomic mass is 32.1. The van der Waals surface area contributed by atoms with Crippen LogP contribution in [-0.4, -0.2) is 4.98 Å². The van der Waals surface area contributed by atoms with Crippen LogP contribution in [0.1, 0.15) is 48.1 Å². The maximum atomic E-state index is 6.67. The lowest BCUT2D eigenvalue weighted by Crippen LogP contribution is -2.40. The first kappa shape index (κ1) is 12.5.